The number of halogens is 3. The van der Waals surface area contributed by atoms with Crippen LogP contribution in [0.4, 0.5) is 18.9 Å². The van der Waals surface area contributed by atoms with Gasteiger partial charge in [-0.1, -0.05) is 32.9 Å². The van der Waals surface area contributed by atoms with Crippen molar-refractivity contribution < 1.29 is 17.9 Å². The molecule has 1 aliphatic rings. The van der Waals surface area contributed by atoms with Crippen molar-refractivity contribution >= 4 is 11.3 Å². The monoisotopic (exact) mass is 432 g/mol. The number of anilines is 1. The Kier molecular flexibility index (Phi) is 5.58. The fraction of sp³-hybridized carbons (Fsp3) is 0.478. The van der Waals surface area contributed by atoms with Crippen LogP contribution >= 0.6 is 0 Å². The van der Waals surface area contributed by atoms with E-state index >= 15 is 0 Å². The molecule has 3 aromatic rings. The number of nitrogens with zero attached hydrogens (tertiary/aromatic N) is 3. The predicted molar refractivity (Wildman–Crippen MR) is 114 cm³/mol. The molecular weight excluding hydrogens is 405 g/mol. The van der Waals surface area contributed by atoms with Gasteiger partial charge in [0.1, 0.15) is 5.75 Å². The number of aromatic nitrogens is 3. The van der Waals surface area contributed by atoms with E-state index in [1.54, 1.807) is 10.5 Å². The number of alkyl halides is 3. The maximum atomic E-state index is 12.6. The van der Waals surface area contributed by atoms with E-state index in [1.807, 2.05) is 18.3 Å². The molecule has 31 heavy (non-hydrogen) atoms. The second-order valence-corrected chi connectivity index (χ2v) is 9.30. The van der Waals surface area contributed by atoms with Crippen molar-refractivity contribution in [3.8, 4) is 17.1 Å². The van der Waals surface area contributed by atoms with Crippen LogP contribution in [0.5, 0.6) is 5.75 Å². The van der Waals surface area contributed by atoms with Crippen molar-refractivity contribution in [3.63, 3.8) is 0 Å². The van der Waals surface area contributed by atoms with Gasteiger partial charge in [0.25, 0.3) is 0 Å². The van der Waals surface area contributed by atoms with Crippen molar-refractivity contribution in [1.82, 2.24) is 14.6 Å². The van der Waals surface area contributed by atoms with Gasteiger partial charge in [-0.3, -0.25) is 4.40 Å². The van der Waals surface area contributed by atoms with Gasteiger partial charge in [-0.25, -0.2) is 0 Å². The van der Waals surface area contributed by atoms with Crippen molar-refractivity contribution in [1.29, 1.82) is 0 Å². The smallest absolute Gasteiger partial charge is 0.406 e. The third kappa shape index (κ3) is 5.11. The van der Waals surface area contributed by atoms with Gasteiger partial charge < -0.3 is 10.1 Å². The maximum Gasteiger partial charge on any atom is 0.573 e. The SMILES string of the molecule is CC(C)(C)[C@H]1CC[C@H](Nc2ccc3nnc(-c4cccc(OC(F)(F)F)c4)n3c2)CC1. The maximum absolute atomic E-state index is 12.6. The molecule has 1 fully saturated rings. The Morgan fingerprint density at radius 1 is 1.00 bits per heavy atom. The Bertz CT molecular complexity index is 1050. The summed E-state index contributed by atoms with van der Waals surface area (Å²) >= 11 is 0. The lowest BCUT2D eigenvalue weighted by molar-refractivity contribution is -0.274. The van der Waals surface area contributed by atoms with Crippen LogP contribution in [0, 0.1) is 11.3 Å². The summed E-state index contributed by atoms with van der Waals surface area (Å²) in [4.78, 5) is 0. The topological polar surface area (TPSA) is 51.5 Å². The first-order chi connectivity index (χ1) is 14.6. The lowest BCUT2D eigenvalue weighted by Gasteiger charge is -2.37. The Hall–Kier alpha value is -2.77. The average Bonchev–Trinajstić information content (AvgIpc) is 3.10. The van der Waals surface area contributed by atoms with Crippen molar-refractivity contribution in [2.75, 3.05) is 5.32 Å². The molecule has 0 atom stereocenters. The quantitative estimate of drug-likeness (QED) is 0.525. The molecule has 0 bridgehead atoms. The zero-order chi connectivity index (χ0) is 22.2. The highest BCUT2D eigenvalue weighted by atomic mass is 19.4. The Morgan fingerprint density at radius 2 is 1.74 bits per heavy atom. The zero-order valence-electron chi connectivity index (χ0n) is 17.9. The van der Waals surface area contributed by atoms with Crippen LogP contribution in [0.3, 0.4) is 0 Å². The minimum atomic E-state index is -4.74. The number of pyridine rings is 1. The molecule has 0 unspecified atom stereocenters. The fourth-order valence-electron chi connectivity index (χ4n) is 4.34. The van der Waals surface area contributed by atoms with Gasteiger partial charge in [-0.05, 0) is 61.3 Å². The third-order valence-corrected chi connectivity index (χ3v) is 6.05. The summed E-state index contributed by atoms with van der Waals surface area (Å²) in [5.74, 6) is 0.915. The number of rotatable bonds is 4. The number of benzene rings is 1. The first kappa shape index (κ1) is 21.5. The minimum Gasteiger partial charge on any atom is -0.406 e. The normalized spacial score (nSPS) is 20.1. The highest BCUT2D eigenvalue weighted by molar-refractivity contribution is 5.63. The number of fused-ring (bicyclic) bond motifs is 1. The first-order valence-corrected chi connectivity index (χ1v) is 10.6. The van der Waals surface area contributed by atoms with E-state index in [-0.39, 0.29) is 5.75 Å². The van der Waals surface area contributed by atoms with Gasteiger partial charge in [0.05, 0.1) is 5.69 Å². The van der Waals surface area contributed by atoms with Crippen LogP contribution in [-0.2, 0) is 0 Å². The minimum absolute atomic E-state index is 0.286. The van der Waals surface area contributed by atoms with Gasteiger partial charge in [-0.2, -0.15) is 0 Å². The van der Waals surface area contributed by atoms with Crippen LogP contribution in [0.2, 0.25) is 0 Å². The van der Waals surface area contributed by atoms with E-state index in [0.717, 1.165) is 24.4 Å². The molecule has 1 saturated carbocycles. The summed E-state index contributed by atoms with van der Waals surface area (Å²) in [6.07, 6.45) is 1.80. The van der Waals surface area contributed by atoms with Crippen LogP contribution in [0.1, 0.15) is 46.5 Å². The third-order valence-electron chi connectivity index (χ3n) is 6.05. The molecule has 4 rings (SSSR count). The molecule has 0 amide bonds. The van der Waals surface area contributed by atoms with E-state index in [2.05, 4.69) is 41.0 Å². The summed E-state index contributed by atoms with van der Waals surface area (Å²) in [5.41, 5.74) is 2.40. The van der Waals surface area contributed by atoms with Gasteiger partial charge in [0, 0.05) is 17.8 Å². The Morgan fingerprint density at radius 3 is 2.42 bits per heavy atom. The Labute approximate surface area is 179 Å². The molecule has 1 aliphatic carbocycles. The van der Waals surface area contributed by atoms with Crippen molar-refractivity contribution in [3.05, 3.63) is 42.6 Å². The molecule has 0 saturated heterocycles. The number of hydrogen-bond acceptors (Lipinski definition) is 4. The molecule has 0 spiro atoms. The van der Waals surface area contributed by atoms with Crippen LogP contribution in [0.15, 0.2) is 42.6 Å². The van der Waals surface area contributed by atoms with Gasteiger partial charge in [0.2, 0.25) is 0 Å². The fourth-order valence-corrected chi connectivity index (χ4v) is 4.34. The van der Waals surface area contributed by atoms with Gasteiger partial charge in [-0.15, -0.1) is 23.4 Å². The molecule has 166 valence electrons. The van der Waals surface area contributed by atoms with Gasteiger partial charge >= 0.3 is 6.36 Å². The molecular formula is C23H27F3N4O. The molecule has 1 aromatic carbocycles. The second kappa shape index (κ2) is 8.05. The largest absolute Gasteiger partial charge is 0.573 e. The molecule has 0 radical (unpaired) electrons. The summed E-state index contributed by atoms with van der Waals surface area (Å²) in [6.45, 7) is 6.92. The van der Waals surface area contributed by atoms with E-state index in [1.165, 1.54) is 31.0 Å². The predicted octanol–water partition coefficient (Wildman–Crippen LogP) is 6.31. The summed E-state index contributed by atoms with van der Waals surface area (Å²) in [6, 6.07) is 10.0. The summed E-state index contributed by atoms with van der Waals surface area (Å²) in [5, 5.41) is 11.9. The van der Waals surface area contributed by atoms with Gasteiger partial charge in [0.15, 0.2) is 11.5 Å². The first-order valence-electron chi connectivity index (χ1n) is 10.6. The molecule has 5 nitrogen and oxygen atoms in total. The van der Waals surface area contributed by atoms with E-state index in [9.17, 15) is 13.2 Å². The lowest BCUT2D eigenvalue weighted by Crippen LogP contribution is -2.31. The standard InChI is InChI=1S/C23H27F3N4O/c1-22(2,3)16-7-9-17(10-8-16)27-18-11-12-20-28-29-21(30(20)14-18)15-5-4-6-19(13-15)31-23(24,25)26/h4-6,11-14,16-17,27H,7-10H2,1-3H3/t16-,17-. The van der Waals surface area contributed by atoms with E-state index < -0.39 is 6.36 Å². The highest BCUT2D eigenvalue weighted by Crippen LogP contribution is 2.38. The Balaban J connectivity index is 1.53. The average molecular weight is 432 g/mol. The van der Waals surface area contributed by atoms with E-state index in [0.29, 0.717) is 28.5 Å². The van der Waals surface area contributed by atoms with E-state index in [4.69, 9.17) is 0 Å². The zero-order valence-corrected chi connectivity index (χ0v) is 17.9. The molecule has 1 N–H and O–H groups in total. The molecule has 2 heterocycles. The molecule has 2 aromatic heterocycles. The molecule has 0 aliphatic heterocycles. The number of hydrogen-bond donors (Lipinski definition) is 1. The van der Waals surface area contributed by atoms with Crippen molar-refractivity contribution in [2.24, 2.45) is 11.3 Å². The second-order valence-electron chi connectivity index (χ2n) is 9.30. The van der Waals surface area contributed by atoms with Crippen LogP contribution in [-0.4, -0.2) is 27.0 Å². The van der Waals surface area contributed by atoms with Crippen LogP contribution < -0.4 is 10.1 Å². The summed E-state index contributed by atoms with van der Waals surface area (Å²) < 4.78 is 43.5. The lowest BCUT2D eigenvalue weighted by atomic mass is 9.71. The van der Waals surface area contributed by atoms with Crippen molar-refractivity contribution in [2.45, 2.75) is 58.9 Å². The molecule has 8 heteroatoms. The summed E-state index contributed by atoms with van der Waals surface area (Å²) in [7, 11) is 0. The number of ether oxygens (including phenoxy) is 1. The number of nitrogens with one attached hydrogen (secondary N) is 1. The van der Waals surface area contributed by atoms with Crippen LogP contribution in [0.25, 0.3) is 17.0 Å². The highest BCUT2D eigenvalue weighted by Gasteiger charge is 2.31.